The van der Waals surface area contributed by atoms with Gasteiger partial charge in [0.15, 0.2) is 5.37 Å². The lowest BCUT2D eigenvalue weighted by Gasteiger charge is -2.16. The molecule has 67 heavy (non-hydrogen) atoms. The molecule has 0 aliphatic heterocycles. The fourth-order valence-corrected chi connectivity index (χ4v) is 8.54. The lowest BCUT2D eigenvalue weighted by molar-refractivity contribution is 0.405. The van der Waals surface area contributed by atoms with E-state index < -0.39 is 93.4 Å². The van der Waals surface area contributed by atoms with Crippen LogP contribution in [0.15, 0.2) is 125 Å². The third-order valence-corrected chi connectivity index (χ3v) is 13.4. The summed E-state index contributed by atoms with van der Waals surface area (Å²) in [6.45, 7) is 1.04. The molecule has 27 nitrogen and oxygen atoms in total. The highest BCUT2D eigenvalue weighted by Gasteiger charge is 2.24. The van der Waals surface area contributed by atoms with Gasteiger partial charge in [-0.25, -0.2) is 0 Å². The van der Waals surface area contributed by atoms with Crippen LogP contribution in [0.3, 0.4) is 0 Å². The van der Waals surface area contributed by atoms with Crippen molar-refractivity contribution in [1.29, 1.82) is 0 Å². The van der Waals surface area contributed by atoms with E-state index >= 15 is 0 Å². The molecule has 5 aromatic carbocycles. The van der Waals surface area contributed by atoms with Crippen LogP contribution in [0.25, 0.3) is 10.8 Å². The standard InChI is InChI=1S/C35H32N10O17S5/c1-18(63(46,47)48)36-33-39-34(37-25-12-9-20(14-32(25)67(58,59)60)43-42-19-7-10-22(11-8-19)64(49,50)51)41-35(40-33)38-26-16-29(62-3)27(17-28(26)61-2)45-44-21-13-24-23(31(15-21)66(55,56)57)5-4-6-30(24)65(52,53)54/h4-18H,1-3H3,(H,46,47,48)(H,49,50,51)(H,52,53,54)(H,55,56,57)(H,58,59,60)(H3,36,37,38,39,40,41). The molecule has 0 fully saturated rings. The van der Waals surface area contributed by atoms with Gasteiger partial charge in [-0.2, -0.15) is 72.4 Å². The van der Waals surface area contributed by atoms with Crippen molar-refractivity contribution in [2.24, 2.45) is 20.5 Å². The second kappa shape index (κ2) is 18.8. The summed E-state index contributed by atoms with van der Waals surface area (Å²) in [5, 5.41) is 21.3. The van der Waals surface area contributed by atoms with Gasteiger partial charge in [0.2, 0.25) is 17.8 Å². The minimum absolute atomic E-state index is 0.0161. The molecule has 0 saturated heterocycles. The van der Waals surface area contributed by atoms with Crippen LogP contribution in [0.5, 0.6) is 11.5 Å². The van der Waals surface area contributed by atoms with E-state index in [0.29, 0.717) is 0 Å². The average Bonchev–Trinajstić information content (AvgIpc) is 3.23. The number of azo groups is 2. The van der Waals surface area contributed by atoms with Gasteiger partial charge in [-0.3, -0.25) is 22.8 Å². The van der Waals surface area contributed by atoms with Crippen LogP contribution >= 0.6 is 0 Å². The first-order valence-electron chi connectivity index (χ1n) is 18.0. The van der Waals surface area contributed by atoms with Crippen LogP contribution in [0, 0.1) is 0 Å². The van der Waals surface area contributed by atoms with Crippen molar-refractivity contribution < 1.29 is 74.3 Å². The van der Waals surface area contributed by atoms with Crippen LogP contribution in [0.4, 0.5) is 52.0 Å². The van der Waals surface area contributed by atoms with Crippen molar-refractivity contribution >= 4 is 113 Å². The molecule has 8 N–H and O–H groups in total. The number of anilines is 5. The Morgan fingerprint density at radius 2 is 1.04 bits per heavy atom. The molecule has 0 amide bonds. The van der Waals surface area contributed by atoms with Gasteiger partial charge < -0.3 is 25.4 Å². The van der Waals surface area contributed by atoms with Gasteiger partial charge in [-0.15, -0.1) is 5.11 Å². The number of fused-ring (bicyclic) bond motifs is 1. The highest BCUT2D eigenvalue weighted by Crippen LogP contribution is 2.41. The number of rotatable bonds is 17. The molecule has 1 unspecified atom stereocenters. The number of ether oxygens (including phenoxy) is 2. The first-order chi connectivity index (χ1) is 31.1. The zero-order chi connectivity index (χ0) is 49.3. The number of methoxy groups -OCH3 is 2. The Kier molecular flexibility index (Phi) is 13.9. The second-order valence-electron chi connectivity index (χ2n) is 13.4. The maximum atomic E-state index is 12.6. The Morgan fingerprint density at radius 1 is 0.507 bits per heavy atom. The van der Waals surface area contributed by atoms with Crippen molar-refractivity contribution in [2.75, 3.05) is 30.2 Å². The Morgan fingerprint density at radius 3 is 1.61 bits per heavy atom. The number of aromatic nitrogens is 3. The molecular formula is C35H32N10O17S5. The van der Waals surface area contributed by atoms with E-state index in [0.717, 1.165) is 55.5 Å². The summed E-state index contributed by atoms with van der Waals surface area (Å²) in [5.74, 6) is -1.51. The molecule has 0 saturated carbocycles. The number of nitrogens with one attached hydrogen (secondary N) is 3. The van der Waals surface area contributed by atoms with Gasteiger partial charge in [0, 0.05) is 22.9 Å². The topological polar surface area (TPSA) is 415 Å². The van der Waals surface area contributed by atoms with Crippen LogP contribution in [-0.4, -0.2) is 99.4 Å². The molecule has 1 heterocycles. The van der Waals surface area contributed by atoms with E-state index in [4.69, 9.17) is 9.47 Å². The Bertz CT molecular complexity index is 3580. The van der Waals surface area contributed by atoms with Gasteiger partial charge in [0.1, 0.15) is 31.9 Å². The molecule has 6 rings (SSSR count). The highest BCUT2D eigenvalue weighted by atomic mass is 32.2. The summed E-state index contributed by atoms with van der Waals surface area (Å²) < 4.78 is 180. The van der Waals surface area contributed by atoms with Crippen LogP contribution in [0.2, 0.25) is 0 Å². The van der Waals surface area contributed by atoms with Gasteiger partial charge in [0.05, 0.1) is 47.6 Å². The maximum absolute atomic E-state index is 12.6. The normalized spacial score (nSPS) is 13.2. The number of hydrogen-bond acceptors (Lipinski definition) is 22. The lowest BCUT2D eigenvalue weighted by atomic mass is 10.1. The minimum Gasteiger partial charge on any atom is -0.494 e. The summed E-state index contributed by atoms with van der Waals surface area (Å²) >= 11 is 0. The van der Waals surface area contributed by atoms with Gasteiger partial charge >= 0.3 is 0 Å². The molecule has 32 heteroatoms. The first kappa shape index (κ1) is 49.6. The van der Waals surface area contributed by atoms with Crippen LogP contribution in [0.1, 0.15) is 6.92 Å². The zero-order valence-corrected chi connectivity index (χ0v) is 38.0. The van der Waals surface area contributed by atoms with E-state index in [9.17, 15) is 64.9 Å². The molecule has 354 valence electrons. The third kappa shape index (κ3) is 12.1. The molecular weight excluding hydrogens is 993 g/mol. The van der Waals surface area contributed by atoms with Crippen molar-refractivity contribution in [3.63, 3.8) is 0 Å². The highest BCUT2D eigenvalue weighted by molar-refractivity contribution is 7.87. The fourth-order valence-electron chi connectivity index (χ4n) is 5.71. The van der Waals surface area contributed by atoms with E-state index in [-0.39, 0.29) is 56.4 Å². The van der Waals surface area contributed by atoms with E-state index in [1.54, 1.807) is 0 Å². The van der Waals surface area contributed by atoms with Gasteiger partial charge in [-0.05, 0) is 67.6 Å². The molecule has 0 aliphatic rings. The quantitative estimate of drug-likeness (QED) is 0.0384. The summed E-state index contributed by atoms with van der Waals surface area (Å²) in [7, 11) is -21.7. The molecule has 0 aliphatic carbocycles. The monoisotopic (exact) mass is 1020 g/mol. The van der Waals surface area contributed by atoms with Crippen LogP contribution < -0.4 is 25.4 Å². The predicted octanol–water partition coefficient (Wildman–Crippen LogP) is 5.99. The first-order valence-corrected chi connectivity index (χ1v) is 25.2. The van der Waals surface area contributed by atoms with E-state index in [1.807, 2.05) is 0 Å². The van der Waals surface area contributed by atoms with E-state index in [1.165, 1.54) is 50.6 Å². The van der Waals surface area contributed by atoms with Crippen molar-refractivity contribution in [3.8, 4) is 11.5 Å². The number of hydrogen-bond donors (Lipinski definition) is 8. The summed E-state index contributed by atoms with van der Waals surface area (Å²) in [6, 6.07) is 15.6. The lowest BCUT2D eigenvalue weighted by Crippen LogP contribution is -2.27. The molecule has 6 aromatic rings. The predicted molar refractivity (Wildman–Crippen MR) is 235 cm³/mol. The molecule has 1 atom stereocenters. The van der Waals surface area contributed by atoms with Crippen molar-refractivity contribution in [1.82, 2.24) is 15.0 Å². The maximum Gasteiger partial charge on any atom is 0.296 e. The third-order valence-electron chi connectivity index (χ3n) is 8.80. The largest absolute Gasteiger partial charge is 0.494 e. The Hall–Kier alpha value is -6.88. The van der Waals surface area contributed by atoms with Crippen molar-refractivity contribution in [2.45, 2.75) is 31.9 Å². The molecule has 1 aromatic heterocycles. The molecule has 0 radical (unpaired) electrons. The zero-order valence-electron chi connectivity index (χ0n) is 34.0. The number of nitrogens with zero attached hydrogens (tertiary/aromatic N) is 7. The minimum atomic E-state index is -5.05. The van der Waals surface area contributed by atoms with Gasteiger partial charge in [-0.1, -0.05) is 12.1 Å². The SMILES string of the molecule is COc1cc(Nc2nc(Nc3ccc(N=Nc4ccc(S(=O)(=O)O)cc4)cc3S(=O)(=O)O)nc(NC(C)S(=O)(=O)O)n2)c(OC)cc1N=Nc1cc(S(=O)(=O)O)c2cccc(S(=O)(=O)O)c2c1. The summed E-state index contributed by atoms with van der Waals surface area (Å²) in [6.07, 6.45) is 0. The number of benzene rings is 5. The Labute approximate surface area is 379 Å². The summed E-state index contributed by atoms with van der Waals surface area (Å²) in [5.41, 5.74) is -0.760. The molecule has 0 spiro atoms. The Balaban J connectivity index is 1.37. The van der Waals surface area contributed by atoms with Crippen molar-refractivity contribution in [3.05, 3.63) is 84.9 Å². The molecule has 0 bridgehead atoms. The van der Waals surface area contributed by atoms with Crippen LogP contribution in [-0.2, 0) is 50.6 Å². The summed E-state index contributed by atoms with van der Waals surface area (Å²) in [4.78, 5) is 9.73. The second-order valence-corrected chi connectivity index (χ2v) is 20.7. The average molecular weight is 1030 g/mol. The smallest absolute Gasteiger partial charge is 0.296 e. The fraction of sp³-hybridized carbons (Fsp3) is 0.114. The van der Waals surface area contributed by atoms with Gasteiger partial charge in [0.25, 0.3) is 50.6 Å². The van der Waals surface area contributed by atoms with E-state index in [2.05, 4.69) is 51.4 Å².